The predicted octanol–water partition coefficient (Wildman–Crippen LogP) is 5.44. The highest BCUT2D eigenvalue weighted by molar-refractivity contribution is 5.02. The Balaban J connectivity index is 4.01. The largest absolute Gasteiger partial charge is 0.0828 e. The van der Waals surface area contributed by atoms with Crippen molar-refractivity contribution in [3.8, 4) is 0 Å². The molecule has 0 aromatic rings. The van der Waals surface area contributed by atoms with Gasteiger partial charge in [-0.05, 0) is 37.0 Å². The summed E-state index contributed by atoms with van der Waals surface area (Å²) in [6, 6.07) is 0. The normalized spacial score (nSPS) is 16.9. The zero-order valence-electron chi connectivity index (χ0n) is 11.6. The van der Waals surface area contributed by atoms with Crippen LogP contribution in [0.2, 0.25) is 0 Å². The van der Waals surface area contributed by atoms with Crippen molar-refractivity contribution in [1.82, 2.24) is 0 Å². The molecule has 0 N–H and O–H groups in total. The molecule has 0 heteroatoms. The van der Waals surface area contributed by atoms with Crippen LogP contribution in [0.15, 0.2) is 11.6 Å². The molecule has 0 amide bonds. The van der Waals surface area contributed by atoms with Gasteiger partial charge in [0.05, 0.1) is 0 Å². The minimum Gasteiger partial charge on any atom is -0.0828 e. The summed E-state index contributed by atoms with van der Waals surface area (Å²) in [4.78, 5) is 0. The molecular formula is C15H30. The van der Waals surface area contributed by atoms with Gasteiger partial charge in [-0.3, -0.25) is 0 Å². The fourth-order valence-corrected chi connectivity index (χ4v) is 1.95. The quantitative estimate of drug-likeness (QED) is 0.491. The van der Waals surface area contributed by atoms with Gasteiger partial charge in [0.25, 0.3) is 0 Å². The number of hydrogen-bond donors (Lipinski definition) is 0. The van der Waals surface area contributed by atoms with Gasteiger partial charge in [0, 0.05) is 0 Å². The Morgan fingerprint density at radius 1 is 1.00 bits per heavy atom. The summed E-state index contributed by atoms with van der Waals surface area (Å²) < 4.78 is 0. The Labute approximate surface area is 97.2 Å². The first-order valence-electron chi connectivity index (χ1n) is 6.70. The third kappa shape index (κ3) is 6.76. The Morgan fingerprint density at radius 2 is 1.60 bits per heavy atom. The van der Waals surface area contributed by atoms with Crippen molar-refractivity contribution in [2.75, 3.05) is 0 Å². The topological polar surface area (TPSA) is 0 Å². The molecule has 0 spiro atoms. The van der Waals surface area contributed by atoms with Crippen LogP contribution >= 0.6 is 0 Å². The van der Waals surface area contributed by atoms with Crippen LogP contribution in [0, 0.1) is 17.8 Å². The molecule has 0 aliphatic carbocycles. The molecular weight excluding hydrogens is 180 g/mol. The molecule has 0 bridgehead atoms. The van der Waals surface area contributed by atoms with Crippen LogP contribution in [0.3, 0.4) is 0 Å². The molecule has 2 atom stereocenters. The predicted molar refractivity (Wildman–Crippen MR) is 71.1 cm³/mol. The van der Waals surface area contributed by atoms with Crippen LogP contribution < -0.4 is 0 Å². The lowest BCUT2D eigenvalue weighted by Gasteiger charge is -2.19. The van der Waals surface area contributed by atoms with E-state index in [1.165, 1.54) is 25.7 Å². The van der Waals surface area contributed by atoms with E-state index >= 15 is 0 Å². The van der Waals surface area contributed by atoms with Crippen molar-refractivity contribution in [3.63, 3.8) is 0 Å². The van der Waals surface area contributed by atoms with Crippen molar-refractivity contribution >= 4 is 0 Å². The maximum Gasteiger partial charge on any atom is -0.0288 e. The van der Waals surface area contributed by atoms with Crippen LogP contribution in [-0.2, 0) is 0 Å². The average Bonchev–Trinajstić information content (AvgIpc) is 2.21. The summed E-state index contributed by atoms with van der Waals surface area (Å²) in [5.41, 5.74) is 1.65. The molecule has 0 nitrogen and oxygen atoms in total. The highest BCUT2D eigenvalue weighted by atomic mass is 14.2. The van der Waals surface area contributed by atoms with Crippen LogP contribution in [-0.4, -0.2) is 0 Å². The van der Waals surface area contributed by atoms with E-state index < -0.39 is 0 Å². The van der Waals surface area contributed by atoms with Gasteiger partial charge in [-0.2, -0.15) is 0 Å². The minimum absolute atomic E-state index is 0.707. The molecule has 0 aromatic heterocycles. The zero-order chi connectivity index (χ0) is 11.8. The fraction of sp³-hybridized carbons (Fsp3) is 0.867. The second-order valence-electron chi connectivity index (χ2n) is 5.32. The summed E-state index contributed by atoms with van der Waals surface area (Å²) in [6.07, 6.45) is 7.66. The van der Waals surface area contributed by atoms with Gasteiger partial charge in [0.2, 0.25) is 0 Å². The summed E-state index contributed by atoms with van der Waals surface area (Å²) in [6.45, 7) is 13.9. The number of rotatable bonds is 7. The second-order valence-corrected chi connectivity index (χ2v) is 5.32. The first-order valence-corrected chi connectivity index (χ1v) is 6.70. The van der Waals surface area contributed by atoms with E-state index in [0.717, 1.165) is 11.8 Å². The molecule has 0 radical (unpaired) electrons. The summed E-state index contributed by atoms with van der Waals surface area (Å²) in [5.74, 6) is 2.46. The molecule has 0 aliphatic heterocycles. The van der Waals surface area contributed by atoms with Crippen molar-refractivity contribution in [3.05, 3.63) is 11.6 Å². The highest BCUT2D eigenvalue weighted by Gasteiger charge is 2.10. The number of hydrogen-bond acceptors (Lipinski definition) is 0. The lowest BCUT2D eigenvalue weighted by atomic mass is 9.87. The van der Waals surface area contributed by atoms with Gasteiger partial charge in [-0.25, -0.2) is 0 Å². The van der Waals surface area contributed by atoms with Crippen molar-refractivity contribution in [1.29, 1.82) is 0 Å². The highest BCUT2D eigenvalue weighted by Crippen LogP contribution is 2.23. The van der Waals surface area contributed by atoms with Crippen molar-refractivity contribution in [2.24, 2.45) is 17.8 Å². The molecule has 2 unspecified atom stereocenters. The van der Waals surface area contributed by atoms with Crippen molar-refractivity contribution < 1.29 is 0 Å². The Morgan fingerprint density at radius 3 is 2.00 bits per heavy atom. The molecule has 15 heavy (non-hydrogen) atoms. The lowest BCUT2D eigenvalue weighted by molar-refractivity contribution is 0.354. The molecule has 0 fully saturated rings. The molecule has 0 aromatic carbocycles. The van der Waals surface area contributed by atoms with Crippen LogP contribution in [0.1, 0.15) is 67.2 Å². The van der Waals surface area contributed by atoms with Gasteiger partial charge in [0.1, 0.15) is 0 Å². The average molecular weight is 210 g/mol. The van der Waals surface area contributed by atoms with E-state index in [1.54, 1.807) is 5.57 Å². The van der Waals surface area contributed by atoms with E-state index in [4.69, 9.17) is 0 Å². The number of allylic oxidation sites excluding steroid dienone is 2. The van der Waals surface area contributed by atoms with Crippen LogP contribution in [0.4, 0.5) is 0 Å². The standard InChI is InChI=1S/C15H30/c1-7-13(5)14(6)9-10-15(8-2)11-12(3)4/h11-14H,7-10H2,1-6H3. The smallest absolute Gasteiger partial charge is 0.0288 e. The first-order chi connectivity index (χ1) is 7.01. The van der Waals surface area contributed by atoms with Crippen LogP contribution in [0.25, 0.3) is 0 Å². The summed E-state index contributed by atoms with van der Waals surface area (Å²) >= 11 is 0. The van der Waals surface area contributed by atoms with E-state index in [0.29, 0.717) is 5.92 Å². The molecule has 0 aliphatic rings. The lowest BCUT2D eigenvalue weighted by Crippen LogP contribution is -2.07. The monoisotopic (exact) mass is 210 g/mol. The molecule has 90 valence electrons. The van der Waals surface area contributed by atoms with E-state index in [1.807, 2.05) is 0 Å². The van der Waals surface area contributed by atoms with E-state index in [9.17, 15) is 0 Å². The fourth-order valence-electron chi connectivity index (χ4n) is 1.95. The van der Waals surface area contributed by atoms with Gasteiger partial charge < -0.3 is 0 Å². The third-order valence-electron chi connectivity index (χ3n) is 3.56. The SMILES string of the molecule is CCC(=CC(C)C)CCC(C)C(C)CC. The zero-order valence-corrected chi connectivity index (χ0v) is 11.6. The van der Waals surface area contributed by atoms with Gasteiger partial charge in [0.15, 0.2) is 0 Å². The van der Waals surface area contributed by atoms with E-state index in [-0.39, 0.29) is 0 Å². The van der Waals surface area contributed by atoms with Crippen molar-refractivity contribution in [2.45, 2.75) is 67.2 Å². The van der Waals surface area contributed by atoms with Gasteiger partial charge >= 0.3 is 0 Å². The Bertz CT molecular complexity index is 176. The van der Waals surface area contributed by atoms with Crippen LogP contribution in [0.5, 0.6) is 0 Å². The molecule has 0 heterocycles. The summed E-state index contributed by atoms with van der Waals surface area (Å²) in [5, 5.41) is 0. The second kappa shape index (κ2) is 7.96. The molecule has 0 saturated heterocycles. The first kappa shape index (κ1) is 14.7. The maximum absolute atomic E-state index is 2.45. The molecule has 0 rings (SSSR count). The Kier molecular flexibility index (Phi) is 7.82. The maximum atomic E-state index is 2.45. The van der Waals surface area contributed by atoms with Gasteiger partial charge in [-0.1, -0.05) is 59.6 Å². The molecule has 0 saturated carbocycles. The van der Waals surface area contributed by atoms with Gasteiger partial charge in [-0.15, -0.1) is 0 Å². The van der Waals surface area contributed by atoms with E-state index in [2.05, 4.69) is 47.6 Å². The Hall–Kier alpha value is -0.260. The minimum atomic E-state index is 0.707. The summed E-state index contributed by atoms with van der Waals surface area (Å²) in [7, 11) is 0. The third-order valence-corrected chi connectivity index (χ3v) is 3.56.